The average molecular weight is 451 g/mol. The number of ketones is 1. The van der Waals surface area contributed by atoms with Crippen molar-refractivity contribution in [2.45, 2.75) is 51.0 Å². The lowest BCUT2D eigenvalue weighted by Crippen LogP contribution is -2.31. The van der Waals surface area contributed by atoms with Crippen LogP contribution in [0.25, 0.3) is 0 Å². The topological polar surface area (TPSA) is 148 Å². The summed E-state index contributed by atoms with van der Waals surface area (Å²) >= 11 is 0. The number of carbonyl (C=O) groups is 1. The number of anilines is 1. The van der Waals surface area contributed by atoms with E-state index in [1.807, 2.05) is 0 Å². The summed E-state index contributed by atoms with van der Waals surface area (Å²) in [4.78, 5) is 21.2. The standard InChI is InChI=1S/C19H26N6O5S/c1-11-5-12(11)9-25-4-3-15(24-25)18(27)14-8-21-10-22-19(14)23-13-6-16(26)17(7-13)30-31(28,29)20-2/h3-4,8,10-13,16-17,20,26H,5-7,9H2,1-2H3,(H,21,22,23)/t11-,12+,13-,16+,17-/m1/s1. The molecule has 2 saturated carbocycles. The molecule has 31 heavy (non-hydrogen) atoms. The fourth-order valence-electron chi connectivity index (χ4n) is 3.83. The van der Waals surface area contributed by atoms with Crippen molar-refractivity contribution in [2.24, 2.45) is 11.8 Å². The van der Waals surface area contributed by atoms with Gasteiger partial charge in [0.25, 0.3) is 0 Å². The van der Waals surface area contributed by atoms with Crippen LogP contribution in [0.2, 0.25) is 0 Å². The molecule has 3 N–H and O–H groups in total. The number of aliphatic hydroxyl groups excluding tert-OH is 1. The molecule has 0 bridgehead atoms. The first-order valence-corrected chi connectivity index (χ1v) is 11.6. The Morgan fingerprint density at radius 3 is 2.84 bits per heavy atom. The van der Waals surface area contributed by atoms with Crippen molar-refractivity contribution in [3.05, 3.63) is 36.0 Å². The smallest absolute Gasteiger partial charge is 0.335 e. The molecule has 4 rings (SSSR count). The normalized spacial score (nSPS) is 27.9. The Morgan fingerprint density at radius 2 is 2.13 bits per heavy atom. The molecule has 11 nitrogen and oxygen atoms in total. The SMILES string of the molecule is CNS(=O)(=O)O[C@@H]1C[C@H](Nc2ncncc2C(=O)c2ccn(C[C@@H]3C[C@H]3C)n2)C[C@@H]1O. The molecule has 0 spiro atoms. The fraction of sp³-hybridized carbons (Fsp3) is 0.579. The van der Waals surface area contributed by atoms with Gasteiger partial charge in [0.1, 0.15) is 23.9 Å². The third kappa shape index (κ3) is 5.09. The molecule has 5 atom stereocenters. The lowest BCUT2D eigenvalue weighted by Gasteiger charge is -2.15. The molecule has 2 fully saturated rings. The maximum atomic E-state index is 13.0. The van der Waals surface area contributed by atoms with Crippen LogP contribution in [0.5, 0.6) is 0 Å². The van der Waals surface area contributed by atoms with Crippen LogP contribution >= 0.6 is 0 Å². The molecule has 2 aliphatic rings. The highest BCUT2D eigenvalue weighted by Crippen LogP contribution is 2.38. The number of hydrogen-bond acceptors (Lipinski definition) is 9. The van der Waals surface area contributed by atoms with Gasteiger partial charge in [-0.25, -0.2) is 9.97 Å². The third-order valence-electron chi connectivity index (χ3n) is 5.84. The summed E-state index contributed by atoms with van der Waals surface area (Å²) in [7, 11) is -2.69. The maximum absolute atomic E-state index is 13.0. The van der Waals surface area contributed by atoms with E-state index in [0.717, 1.165) is 6.54 Å². The van der Waals surface area contributed by atoms with Crippen molar-refractivity contribution in [1.29, 1.82) is 0 Å². The van der Waals surface area contributed by atoms with Gasteiger partial charge in [-0.2, -0.15) is 18.2 Å². The van der Waals surface area contributed by atoms with Crippen LogP contribution in [0.3, 0.4) is 0 Å². The minimum Gasteiger partial charge on any atom is -0.390 e. The van der Waals surface area contributed by atoms with Crippen LogP contribution in [0.15, 0.2) is 24.8 Å². The average Bonchev–Trinajstić information content (AvgIpc) is 3.09. The van der Waals surface area contributed by atoms with E-state index in [1.165, 1.54) is 26.0 Å². The van der Waals surface area contributed by atoms with Gasteiger partial charge < -0.3 is 10.4 Å². The zero-order valence-corrected chi connectivity index (χ0v) is 18.1. The minimum atomic E-state index is -3.92. The van der Waals surface area contributed by atoms with Crippen molar-refractivity contribution in [3.63, 3.8) is 0 Å². The lowest BCUT2D eigenvalue weighted by atomic mass is 10.1. The molecule has 0 aromatic carbocycles. The van der Waals surface area contributed by atoms with Gasteiger partial charge in [0, 0.05) is 32.0 Å². The Labute approximate surface area is 180 Å². The van der Waals surface area contributed by atoms with E-state index in [0.29, 0.717) is 23.3 Å². The highest BCUT2D eigenvalue weighted by molar-refractivity contribution is 7.84. The molecule has 12 heteroatoms. The number of nitrogens with zero attached hydrogens (tertiary/aromatic N) is 4. The van der Waals surface area contributed by atoms with E-state index < -0.39 is 22.5 Å². The van der Waals surface area contributed by atoms with Gasteiger partial charge in [-0.15, -0.1) is 0 Å². The van der Waals surface area contributed by atoms with E-state index in [9.17, 15) is 18.3 Å². The molecule has 2 aromatic rings. The monoisotopic (exact) mass is 450 g/mol. The number of hydrogen-bond donors (Lipinski definition) is 3. The summed E-state index contributed by atoms with van der Waals surface area (Å²) < 4.78 is 32.1. The predicted octanol–water partition coefficient (Wildman–Crippen LogP) is 0.345. The number of aromatic nitrogens is 4. The van der Waals surface area contributed by atoms with Crippen LogP contribution < -0.4 is 10.0 Å². The van der Waals surface area contributed by atoms with Gasteiger partial charge in [-0.3, -0.25) is 13.7 Å². The van der Waals surface area contributed by atoms with Crippen LogP contribution in [0.4, 0.5) is 5.82 Å². The van der Waals surface area contributed by atoms with Gasteiger partial charge in [0.05, 0.1) is 11.7 Å². The van der Waals surface area contributed by atoms with E-state index >= 15 is 0 Å². The second-order valence-corrected chi connectivity index (χ2v) is 9.69. The largest absolute Gasteiger partial charge is 0.390 e. The summed E-state index contributed by atoms with van der Waals surface area (Å²) in [6.45, 7) is 2.99. The quantitative estimate of drug-likeness (QED) is 0.460. The van der Waals surface area contributed by atoms with Crippen LogP contribution in [0.1, 0.15) is 42.2 Å². The zero-order chi connectivity index (χ0) is 22.2. The molecule has 0 aliphatic heterocycles. The molecule has 0 amide bonds. The van der Waals surface area contributed by atoms with Crippen LogP contribution in [-0.4, -0.2) is 64.4 Å². The lowest BCUT2D eigenvalue weighted by molar-refractivity contribution is 0.0636. The van der Waals surface area contributed by atoms with Crippen molar-refractivity contribution in [2.75, 3.05) is 12.4 Å². The van der Waals surface area contributed by atoms with Gasteiger partial charge in [0.15, 0.2) is 0 Å². The van der Waals surface area contributed by atoms with Crippen LogP contribution in [-0.2, 0) is 21.0 Å². The molecule has 0 saturated heterocycles. The second kappa shape index (κ2) is 8.61. The summed E-state index contributed by atoms with van der Waals surface area (Å²) in [6, 6.07) is 1.35. The Kier molecular flexibility index (Phi) is 6.06. The van der Waals surface area contributed by atoms with E-state index in [1.54, 1.807) is 16.9 Å². The second-order valence-electron chi connectivity index (χ2n) is 8.18. The van der Waals surface area contributed by atoms with Gasteiger partial charge in [0.2, 0.25) is 5.78 Å². The van der Waals surface area contributed by atoms with Crippen molar-refractivity contribution in [1.82, 2.24) is 24.5 Å². The molecular weight excluding hydrogens is 424 g/mol. The van der Waals surface area contributed by atoms with Gasteiger partial charge in [-0.05, 0) is 37.2 Å². The highest BCUT2D eigenvalue weighted by Gasteiger charge is 2.37. The van der Waals surface area contributed by atoms with Gasteiger partial charge >= 0.3 is 10.3 Å². The highest BCUT2D eigenvalue weighted by atomic mass is 32.2. The molecule has 0 unspecified atom stereocenters. The van der Waals surface area contributed by atoms with Crippen LogP contribution in [0, 0.1) is 11.8 Å². The Balaban J connectivity index is 1.45. The Hall–Kier alpha value is -2.41. The van der Waals surface area contributed by atoms with E-state index in [4.69, 9.17) is 4.18 Å². The molecule has 0 radical (unpaired) electrons. The van der Waals surface area contributed by atoms with E-state index in [2.05, 4.69) is 32.0 Å². The molecular formula is C19H26N6O5S. The molecule has 2 heterocycles. The summed E-state index contributed by atoms with van der Waals surface area (Å²) in [5.74, 6) is 1.30. The minimum absolute atomic E-state index is 0.230. The Bertz CT molecular complexity index is 1060. The van der Waals surface area contributed by atoms with Crippen molar-refractivity contribution in [3.8, 4) is 0 Å². The van der Waals surface area contributed by atoms with Gasteiger partial charge in [-0.1, -0.05) is 6.92 Å². The first-order valence-electron chi connectivity index (χ1n) is 10.2. The predicted molar refractivity (Wildman–Crippen MR) is 110 cm³/mol. The fourth-order valence-corrected chi connectivity index (χ4v) is 4.46. The number of nitrogens with one attached hydrogen (secondary N) is 2. The Morgan fingerprint density at radius 1 is 1.35 bits per heavy atom. The first kappa shape index (κ1) is 21.8. The number of rotatable bonds is 9. The summed E-state index contributed by atoms with van der Waals surface area (Å²) in [5, 5.41) is 17.7. The van der Waals surface area contributed by atoms with Crippen molar-refractivity contribution < 1.29 is 22.5 Å². The maximum Gasteiger partial charge on any atom is 0.335 e. The van der Waals surface area contributed by atoms with E-state index in [-0.39, 0.29) is 30.2 Å². The molecule has 168 valence electrons. The number of carbonyl (C=O) groups excluding carboxylic acids is 1. The number of aliphatic hydroxyl groups is 1. The summed E-state index contributed by atoms with van der Waals surface area (Å²) in [6.07, 6.45) is 4.33. The van der Waals surface area contributed by atoms with Crippen molar-refractivity contribution >= 4 is 21.9 Å². The molecule has 2 aromatic heterocycles. The third-order valence-corrected chi connectivity index (χ3v) is 6.84. The first-order chi connectivity index (χ1) is 14.8. The summed E-state index contributed by atoms with van der Waals surface area (Å²) in [5.41, 5.74) is 0.563. The molecule has 2 aliphatic carbocycles. The zero-order valence-electron chi connectivity index (χ0n) is 17.3.